The third-order valence-electron chi connectivity index (χ3n) is 3.16. The van der Waals surface area contributed by atoms with E-state index in [0.717, 1.165) is 22.2 Å². The molecule has 0 amide bonds. The second-order valence-corrected chi connectivity index (χ2v) is 6.21. The van der Waals surface area contributed by atoms with Crippen molar-refractivity contribution in [3.8, 4) is 0 Å². The molecule has 0 fully saturated rings. The molecule has 2 rings (SSSR count). The molecular formula is C17H22N2O. The molecule has 20 heavy (non-hydrogen) atoms. The summed E-state index contributed by atoms with van der Waals surface area (Å²) in [5.74, 6) is 0.171. The molecule has 1 heterocycles. The van der Waals surface area contributed by atoms with Gasteiger partial charge >= 0.3 is 0 Å². The molecule has 0 saturated carbocycles. The smallest absolute Gasteiger partial charge is 0.164 e. The average molecular weight is 270 g/mol. The van der Waals surface area contributed by atoms with Crippen LogP contribution in [0.1, 0.15) is 43.2 Å². The normalized spacial score (nSPS) is 11.8. The Balaban J connectivity index is 2.09. The molecule has 0 spiro atoms. The maximum absolute atomic E-state index is 12.2. The van der Waals surface area contributed by atoms with Crippen molar-refractivity contribution in [3.63, 3.8) is 0 Å². The summed E-state index contributed by atoms with van der Waals surface area (Å²) in [6, 6.07) is 9.71. The molecule has 0 radical (unpaired) electrons. The van der Waals surface area contributed by atoms with Gasteiger partial charge in [0.25, 0.3) is 0 Å². The first-order chi connectivity index (χ1) is 9.35. The van der Waals surface area contributed by atoms with Gasteiger partial charge in [0.05, 0.1) is 5.52 Å². The minimum atomic E-state index is 0.0467. The van der Waals surface area contributed by atoms with Crippen LogP contribution in [0.5, 0.6) is 0 Å². The van der Waals surface area contributed by atoms with Gasteiger partial charge in [-0.05, 0) is 52.0 Å². The van der Waals surface area contributed by atoms with Crippen LogP contribution in [0, 0.1) is 6.92 Å². The third kappa shape index (κ3) is 3.87. The molecule has 1 aromatic carbocycles. The number of ketones is 1. The molecule has 3 nitrogen and oxygen atoms in total. The predicted octanol–water partition coefficient (Wildman–Crippen LogP) is 3.50. The first-order valence-electron chi connectivity index (χ1n) is 7.01. The Kier molecular flexibility index (Phi) is 4.19. The molecule has 1 aromatic heterocycles. The summed E-state index contributed by atoms with van der Waals surface area (Å²) in [5.41, 5.74) is 2.74. The second kappa shape index (κ2) is 5.71. The van der Waals surface area contributed by atoms with Crippen LogP contribution >= 0.6 is 0 Å². The Morgan fingerprint density at radius 3 is 2.65 bits per heavy atom. The molecule has 0 unspecified atom stereocenters. The average Bonchev–Trinajstić information content (AvgIpc) is 2.36. The van der Waals surface area contributed by atoms with E-state index in [0.29, 0.717) is 13.0 Å². The van der Waals surface area contributed by atoms with Crippen LogP contribution in [0.2, 0.25) is 0 Å². The lowest BCUT2D eigenvalue weighted by atomic mass is 10.0. The third-order valence-corrected chi connectivity index (χ3v) is 3.16. The van der Waals surface area contributed by atoms with Crippen molar-refractivity contribution in [1.29, 1.82) is 0 Å². The summed E-state index contributed by atoms with van der Waals surface area (Å²) in [6.07, 6.45) is 0.516. The highest BCUT2D eigenvalue weighted by Crippen LogP contribution is 2.16. The van der Waals surface area contributed by atoms with Crippen LogP contribution in [-0.2, 0) is 0 Å². The minimum Gasteiger partial charge on any atom is -0.312 e. The number of pyridine rings is 1. The number of nitrogens with one attached hydrogen (secondary N) is 1. The zero-order chi connectivity index (χ0) is 14.8. The van der Waals surface area contributed by atoms with Crippen molar-refractivity contribution in [3.05, 3.63) is 41.6 Å². The second-order valence-electron chi connectivity index (χ2n) is 6.21. The minimum absolute atomic E-state index is 0.0467. The fourth-order valence-electron chi connectivity index (χ4n) is 2.10. The van der Waals surface area contributed by atoms with Crippen molar-refractivity contribution < 1.29 is 4.79 Å². The number of benzene rings is 1. The largest absolute Gasteiger partial charge is 0.312 e. The number of rotatable bonds is 4. The van der Waals surface area contributed by atoms with Gasteiger partial charge in [0.2, 0.25) is 0 Å². The molecule has 0 aliphatic heterocycles. The van der Waals surface area contributed by atoms with Gasteiger partial charge in [-0.25, -0.2) is 0 Å². The van der Waals surface area contributed by atoms with Gasteiger partial charge < -0.3 is 5.32 Å². The van der Waals surface area contributed by atoms with E-state index in [2.05, 4.69) is 31.1 Å². The monoisotopic (exact) mass is 270 g/mol. The highest BCUT2D eigenvalue weighted by atomic mass is 16.1. The van der Waals surface area contributed by atoms with Crippen LogP contribution in [0.4, 0.5) is 0 Å². The molecular weight excluding hydrogens is 248 g/mol. The number of aromatic nitrogens is 1. The molecule has 0 aliphatic carbocycles. The topological polar surface area (TPSA) is 42.0 Å². The first kappa shape index (κ1) is 14.7. The molecule has 0 atom stereocenters. The first-order valence-corrected chi connectivity index (χ1v) is 7.01. The Morgan fingerprint density at radius 2 is 1.95 bits per heavy atom. The molecule has 0 aliphatic rings. The van der Waals surface area contributed by atoms with Crippen molar-refractivity contribution in [2.45, 2.75) is 39.7 Å². The van der Waals surface area contributed by atoms with E-state index in [-0.39, 0.29) is 11.3 Å². The Morgan fingerprint density at radius 1 is 1.20 bits per heavy atom. The summed E-state index contributed by atoms with van der Waals surface area (Å²) >= 11 is 0. The number of nitrogens with zero attached hydrogens (tertiary/aromatic N) is 1. The standard InChI is InChI=1S/C17H22N2O/c1-12-5-6-13-11-14(7-8-15(13)19-12)16(20)9-10-18-17(2,3)4/h5-8,11,18H,9-10H2,1-4H3. The summed E-state index contributed by atoms with van der Waals surface area (Å²) in [6.45, 7) is 8.97. The maximum Gasteiger partial charge on any atom is 0.164 e. The van der Waals surface area contributed by atoms with E-state index >= 15 is 0 Å². The SMILES string of the molecule is Cc1ccc2cc(C(=O)CCNC(C)(C)C)ccc2n1. The highest BCUT2D eigenvalue weighted by molar-refractivity contribution is 5.99. The Hall–Kier alpha value is -1.74. The van der Waals surface area contributed by atoms with Crippen LogP contribution in [0.15, 0.2) is 30.3 Å². The zero-order valence-corrected chi connectivity index (χ0v) is 12.7. The summed E-state index contributed by atoms with van der Waals surface area (Å²) in [4.78, 5) is 16.6. The van der Waals surface area contributed by atoms with Gasteiger partial charge in [0.15, 0.2) is 5.78 Å². The Bertz CT molecular complexity index is 626. The quantitative estimate of drug-likeness (QED) is 0.865. The predicted molar refractivity (Wildman–Crippen MR) is 83.2 cm³/mol. The van der Waals surface area contributed by atoms with Crippen LogP contribution < -0.4 is 5.32 Å². The van der Waals surface area contributed by atoms with E-state index in [1.165, 1.54) is 0 Å². The summed E-state index contributed by atoms with van der Waals surface area (Å²) < 4.78 is 0. The van der Waals surface area contributed by atoms with Crippen molar-refractivity contribution in [2.75, 3.05) is 6.54 Å². The Labute approximate surface area is 120 Å². The fourth-order valence-corrected chi connectivity index (χ4v) is 2.10. The van der Waals surface area contributed by atoms with Crippen LogP contribution in [-0.4, -0.2) is 22.9 Å². The van der Waals surface area contributed by atoms with Crippen LogP contribution in [0.3, 0.4) is 0 Å². The van der Waals surface area contributed by atoms with Gasteiger partial charge in [-0.15, -0.1) is 0 Å². The fraction of sp³-hybridized carbons (Fsp3) is 0.412. The molecule has 3 heteroatoms. The van der Waals surface area contributed by atoms with Gasteiger partial charge in [-0.3, -0.25) is 9.78 Å². The molecule has 0 saturated heterocycles. The number of carbonyl (C=O) groups excluding carboxylic acids is 1. The van der Waals surface area contributed by atoms with Crippen LogP contribution in [0.25, 0.3) is 10.9 Å². The lowest BCUT2D eigenvalue weighted by Gasteiger charge is -2.20. The lowest BCUT2D eigenvalue weighted by molar-refractivity contribution is 0.0980. The van der Waals surface area contributed by atoms with Crippen molar-refractivity contribution >= 4 is 16.7 Å². The van der Waals surface area contributed by atoms with E-state index in [4.69, 9.17) is 0 Å². The number of aryl methyl sites for hydroxylation is 1. The van der Waals surface area contributed by atoms with E-state index in [1.54, 1.807) is 0 Å². The lowest BCUT2D eigenvalue weighted by Crippen LogP contribution is -2.37. The number of Topliss-reactive ketones (excluding diaryl/α,β-unsaturated/α-hetero) is 1. The van der Waals surface area contributed by atoms with E-state index < -0.39 is 0 Å². The van der Waals surface area contributed by atoms with Crippen molar-refractivity contribution in [1.82, 2.24) is 10.3 Å². The van der Waals surface area contributed by atoms with Gasteiger partial charge in [0.1, 0.15) is 0 Å². The zero-order valence-electron chi connectivity index (χ0n) is 12.7. The maximum atomic E-state index is 12.2. The molecule has 0 bridgehead atoms. The van der Waals surface area contributed by atoms with Gasteiger partial charge in [-0.2, -0.15) is 0 Å². The molecule has 2 aromatic rings. The molecule has 106 valence electrons. The highest BCUT2D eigenvalue weighted by Gasteiger charge is 2.11. The van der Waals surface area contributed by atoms with Crippen molar-refractivity contribution in [2.24, 2.45) is 0 Å². The van der Waals surface area contributed by atoms with E-state index in [1.807, 2.05) is 37.3 Å². The van der Waals surface area contributed by atoms with E-state index in [9.17, 15) is 4.79 Å². The molecule has 1 N–H and O–H groups in total. The number of carbonyl (C=O) groups is 1. The van der Waals surface area contributed by atoms with Gasteiger partial charge in [0, 0.05) is 35.1 Å². The summed E-state index contributed by atoms with van der Waals surface area (Å²) in [7, 11) is 0. The summed E-state index contributed by atoms with van der Waals surface area (Å²) in [5, 5.41) is 4.35. The number of hydrogen-bond acceptors (Lipinski definition) is 3. The van der Waals surface area contributed by atoms with Gasteiger partial charge in [-0.1, -0.05) is 6.07 Å². The number of fused-ring (bicyclic) bond motifs is 1. The number of hydrogen-bond donors (Lipinski definition) is 1.